The van der Waals surface area contributed by atoms with Crippen molar-refractivity contribution < 1.29 is 67.6 Å². The van der Waals surface area contributed by atoms with Crippen LogP contribution in [0.5, 0.6) is 0 Å². The van der Waals surface area contributed by atoms with Crippen molar-refractivity contribution in [3.63, 3.8) is 0 Å². The number of nitrogens with zero attached hydrogens (tertiary/aromatic N) is 1. The molecular formula is C41H72N2O14. The molecule has 3 saturated heterocycles. The zero-order valence-electron chi connectivity index (χ0n) is 36.6. The highest BCUT2D eigenvalue weighted by atomic mass is 16.7. The molecule has 16 heteroatoms. The second-order valence-electron chi connectivity index (χ2n) is 17.4. The molecule has 3 aliphatic heterocycles. The zero-order chi connectivity index (χ0) is 43.4. The number of carbonyl (C=O) groups excluding carboxylic acids is 3. The maximum atomic E-state index is 14.4. The minimum absolute atomic E-state index is 0.0705. The number of hydrogen-bond acceptors (Lipinski definition) is 15. The Morgan fingerprint density at radius 1 is 0.965 bits per heavy atom. The second kappa shape index (κ2) is 19.9. The van der Waals surface area contributed by atoms with E-state index in [0.717, 1.165) is 6.08 Å². The summed E-state index contributed by atoms with van der Waals surface area (Å²) in [6.07, 6.45) is -8.01. The Balaban J connectivity index is 2.23. The van der Waals surface area contributed by atoms with Gasteiger partial charge in [-0.05, 0) is 81.8 Å². The summed E-state index contributed by atoms with van der Waals surface area (Å²) in [5, 5.41) is 37.5. The van der Waals surface area contributed by atoms with Crippen molar-refractivity contribution in [1.82, 2.24) is 10.2 Å². The first-order chi connectivity index (χ1) is 26.4. The third kappa shape index (κ3) is 11.1. The molecule has 1 amide bonds. The van der Waals surface area contributed by atoms with Gasteiger partial charge in [0, 0.05) is 44.6 Å². The molecule has 3 fully saturated rings. The van der Waals surface area contributed by atoms with Gasteiger partial charge < -0.3 is 63.4 Å². The predicted octanol–water partition coefficient (Wildman–Crippen LogP) is 2.48. The summed E-state index contributed by atoms with van der Waals surface area (Å²) in [5.74, 6) is -4.37. The molecule has 4 N–H and O–H groups in total. The first-order valence-electron chi connectivity index (χ1n) is 20.2. The molecule has 3 heterocycles. The first kappa shape index (κ1) is 49.1. The van der Waals surface area contributed by atoms with Gasteiger partial charge in [0.15, 0.2) is 18.7 Å². The molecule has 3 rings (SSSR count). The third-order valence-corrected chi connectivity index (χ3v) is 12.5. The van der Waals surface area contributed by atoms with E-state index in [9.17, 15) is 29.7 Å². The molecule has 0 aromatic heterocycles. The van der Waals surface area contributed by atoms with E-state index in [1.807, 2.05) is 32.8 Å². The standard InChI is InChI=1S/C41H72N2O14/c1-16-28-41(11,49)33(46)25(7)42-36(47)21(3)19-39(9,50-14)34(57-38-31(45)27(43(12)13)18-22(4)52-38)23(5)32(24(6)37(48)54-28)56-30-20-40(10,51-15)35(26(8)53-30)55-29(44)17-2/h17,21-28,30-35,38,45-46,49H,2,16,18-20H2,1,3-15H3,(H,42,47)/t21-,22-,23+,24-,25-,26+,27+,28-,30+,31-,32+,33-,34-,35?,38+,39-,40-,41-/m1/s1. The van der Waals surface area contributed by atoms with Crippen LogP contribution in [-0.4, -0.2) is 157 Å². The van der Waals surface area contributed by atoms with Gasteiger partial charge in [-0.15, -0.1) is 0 Å². The number of methoxy groups -OCH3 is 2. The van der Waals surface area contributed by atoms with Crippen molar-refractivity contribution in [2.24, 2.45) is 17.8 Å². The van der Waals surface area contributed by atoms with Gasteiger partial charge in [0.1, 0.15) is 29.5 Å². The molecule has 330 valence electrons. The van der Waals surface area contributed by atoms with Gasteiger partial charge in [-0.1, -0.05) is 27.4 Å². The normalized spacial score (nSPS) is 45.6. The smallest absolute Gasteiger partial charge is 0.330 e. The molecule has 3 aliphatic rings. The van der Waals surface area contributed by atoms with Crippen molar-refractivity contribution >= 4 is 17.8 Å². The summed E-state index contributed by atoms with van der Waals surface area (Å²) >= 11 is 0. The quantitative estimate of drug-likeness (QED) is 0.185. The van der Waals surface area contributed by atoms with Crippen molar-refractivity contribution in [2.45, 2.75) is 185 Å². The maximum Gasteiger partial charge on any atom is 0.330 e. The van der Waals surface area contributed by atoms with Gasteiger partial charge in [0.25, 0.3) is 0 Å². The molecule has 0 aromatic carbocycles. The molecule has 1 unspecified atom stereocenters. The van der Waals surface area contributed by atoms with Crippen molar-refractivity contribution in [1.29, 1.82) is 0 Å². The molecule has 0 radical (unpaired) electrons. The number of amides is 1. The molecule has 57 heavy (non-hydrogen) atoms. The number of hydrogen-bond donors (Lipinski definition) is 4. The molecular weight excluding hydrogens is 744 g/mol. The molecule has 0 spiro atoms. The van der Waals surface area contributed by atoms with Crippen LogP contribution in [0.2, 0.25) is 0 Å². The summed E-state index contributed by atoms with van der Waals surface area (Å²) in [7, 11) is 6.72. The van der Waals surface area contributed by atoms with Crippen LogP contribution in [0.1, 0.15) is 94.9 Å². The fraction of sp³-hybridized carbons (Fsp3) is 0.878. The average molecular weight is 817 g/mol. The lowest BCUT2D eigenvalue weighted by atomic mass is 9.77. The number of ether oxygens (including phenoxy) is 8. The van der Waals surface area contributed by atoms with E-state index >= 15 is 0 Å². The Morgan fingerprint density at radius 3 is 2.11 bits per heavy atom. The van der Waals surface area contributed by atoms with Crippen molar-refractivity contribution in [3.8, 4) is 0 Å². The highest BCUT2D eigenvalue weighted by molar-refractivity contribution is 5.81. The van der Waals surface area contributed by atoms with Crippen LogP contribution in [0.4, 0.5) is 0 Å². The van der Waals surface area contributed by atoms with E-state index in [-0.39, 0.29) is 31.4 Å². The average Bonchev–Trinajstić information content (AvgIpc) is 3.15. The van der Waals surface area contributed by atoms with E-state index in [1.54, 1.807) is 48.5 Å². The van der Waals surface area contributed by atoms with Gasteiger partial charge in [-0.2, -0.15) is 0 Å². The fourth-order valence-electron chi connectivity index (χ4n) is 8.80. The van der Waals surface area contributed by atoms with Crippen LogP contribution in [0.15, 0.2) is 12.7 Å². The van der Waals surface area contributed by atoms with E-state index in [0.29, 0.717) is 6.42 Å². The van der Waals surface area contributed by atoms with Crippen LogP contribution in [0.3, 0.4) is 0 Å². The Kier molecular flexibility index (Phi) is 17.1. The van der Waals surface area contributed by atoms with Gasteiger partial charge in [0.05, 0.1) is 42.0 Å². The molecule has 0 aliphatic carbocycles. The minimum Gasteiger partial charge on any atom is -0.459 e. The number of esters is 2. The Hall–Kier alpha value is -2.25. The SMILES string of the molecule is C=CC(=O)OC1[C@H](C)O[C@@H](O[C@H]2[C@H](C)[C@@H](O[C@@H]3O[C@H](C)C[C@H](N(C)C)[C@H]3O)[C@](C)(OC)C[C@@H](C)C(=O)N[C@H](C)[C@@H](O)[C@](C)(O)[C@@H](CC)OC(=O)[C@@H]2C)C[C@@]1(C)OC. The summed E-state index contributed by atoms with van der Waals surface area (Å²) in [4.78, 5) is 42.4. The van der Waals surface area contributed by atoms with Crippen molar-refractivity contribution in [2.75, 3.05) is 28.3 Å². The lowest BCUT2D eigenvalue weighted by Gasteiger charge is -2.49. The molecule has 16 nitrogen and oxygen atoms in total. The number of cyclic esters (lactones) is 1. The molecule has 18 atom stereocenters. The van der Waals surface area contributed by atoms with Gasteiger partial charge in [0.2, 0.25) is 5.91 Å². The highest BCUT2D eigenvalue weighted by Crippen LogP contribution is 2.41. The van der Waals surface area contributed by atoms with Crippen LogP contribution >= 0.6 is 0 Å². The van der Waals surface area contributed by atoms with Crippen LogP contribution in [-0.2, 0) is 52.3 Å². The Morgan fingerprint density at radius 2 is 1.56 bits per heavy atom. The first-order valence-corrected chi connectivity index (χ1v) is 20.2. The van der Waals surface area contributed by atoms with Gasteiger partial charge in [-0.25, -0.2) is 4.79 Å². The number of aliphatic hydroxyl groups excluding tert-OH is 2. The monoisotopic (exact) mass is 816 g/mol. The Bertz CT molecular complexity index is 1370. The number of rotatable bonds is 10. The van der Waals surface area contributed by atoms with Crippen molar-refractivity contribution in [3.05, 3.63) is 12.7 Å². The van der Waals surface area contributed by atoms with E-state index in [2.05, 4.69) is 11.9 Å². The Labute approximate surface area is 339 Å². The van der Waals surface area contributed by atoms with E-state index in [1.165, 1.54) is 21.1 Å². The number of aliphatic hydroxyl groups is 3. The fourth-order valence-corrected chi connectivity index (χ4v) is 8.80. The summed E-state index contributed by atoms with van der Waals surface area (Å²) < 4.78 is 50.1. The summed E-state index contributed by atoms with van der Waals surface area (Å²) in [6.45, 7) is 20.5. The number of carbonyl (C=O) groups is 3. The summed E-state index contributed by atoms with van der Waals surface area (Å²) in [6, 6.07) is -1.25. The second-order valence-corrected chi connectivity index (χ2v) is 17.4. The number of nitrogens with one attached hydrogen (secondary N) is 1. The third-order valence-electron chi connectivity index (χ3n) is 12.5. The van der Waals surface area contributed by atoms with Gasteiger partial charge in [-0.3, -0.25) is 9.59 Å². The minimum atomic E-state index is -1.97. The molecule has 0 saturated carbocycles. The largest absolute Gasteiger partial charge is 0.459 e. The zero-order valence-corrected chi connectivity index (χ0v) is 36.6. The molecule has 0 bridgehead atoms. The van der Waals surface area contributed by atoms with Crippen LogP contribution < -0.4 is 5.32 Å². The highest BCUT2D eigenvalue weighted by Gasteiger charge is 2.54. The number of likely N-dealkylation sites (N-methyl/N-ethyl adjacent to an activating group) is 1. The molecule has 0 aromatic rings. The topological polar surface area (TPSA) is 201 Å². The predicted molar refractivity (Wildman–Crippen MR) is 209 cm³/mol. The van der Waals surface area contributed by atoms with Gasteiger partial charge >= 0.3 is 11.9 Å². The summed E-state index contributed by atoms with van der Waals surface area (Å²) in [5.41, 5.74) is -4.35. The van der Waals surface area contributed by atoms with E-state index in [4.69, 9.17) is 37.9 Å². The van der Waals surface area contributed by atoms with E-state index < -0.39 is 114 Å². The maximum absolute atomic E-state index is 14.4. The van der Waals surface area contributed by atoms with Crippen LogP contribution in [0, 0.1) is 17.8 Å². The van der Waals surface area contributed by atoms with Crippen LogP contribution in [0.25, 0.3) is 0 Å². The lowest BCUT2D eigenvalue weighted by Crippen LogP contribution is -2.61. The lowest BCUT2D eigenvalue weighted by molar-refractivity contribution is -0.319.